The number of allylic oxidation sites excluding steroid dienone is 4. The number of nitrogens with one attached hydrogen (secondary N) is 2. The first-order valence-electron chi connectivity index (χ1n) is 11.4. The first kappa shape index (κ1) is 21.0. The number of H-pyrrole nitrogens is 1. The van der Waals surface area contributed by atoms with E-state index in [-0.39, 0.29) is 0 Å². The standard InChI is InChI=1S/C28H27N5/c1-3-4-5-6-19(2)27-28(33-18-32-27)20-7-8-26-22(11-20)12-25(17-31-26)24-13-23(15-30-16-24)21-9-10-29-14-21/h4-9,11-13,15-18,29H,3,10,14H2,1-2H3,(H,32,33)/b5-4-,19-6+. The first-order chi connectivity index (χ1) is 16.2. The maximum atomic E-state index is 4.71. The molecule has 5 heteroatoms. The van der Waals surface area contributed by atoms with Crippen LogP contribution in [0, 0.1) is 0 Å². The van der Waals surface area contributed by atoms with Gasteiger partial charge < -0.3 is 10.3 Å². The van der Waals surface area contributed by atoms with Gasteiger partial charge in [-0.3, -0.25) is 9.97 Å². The summed E-state index contributed by atoms with van der Waals surface area (Å²) in [6, 6.07) is 10.7. The first-order valence-corrected chi connectivity index (χ1v) is 11.4. The van der Waals surface area contributed by atoms with E-state index >= 15 is 0 Å². The van der Waals surface area contributed by atoms with Gasteiger partial charge in [0.1, 0.15) is 0 Å². The number of hydrogen-bond donors (Lipinski definition) is 2. The Morgan fingerprint density at radius 2 is 1.85 bits per heavy atom. The Labute approximate surface area is 194 Å². The van der Waals surface area contributed by atoms with Crippen LogP contribution in [0.15, 0.2) is 79.6 Å². The van der Waals surface area contributed by atoms with Crippen LogP contribution in [0.3, 0.4) is 0 Å². The van der Waals surface area contributed by atoms with Crippen molar-refractivity contribution in [3.8, 4) is 22.4 Å². The summed E-state index contributed by atoms with van der Waals surface area (Å²) in [7, 11) is 0. The van der Waals surface area contributed by atoms with Crippen molar-refractivity contribution in [2.45, 2.75) is 20.3 Å². The molecule has 4 heterocycles. The topological polar surface area (TPSA) is 66.5 Å². The van der Waals surface area contributed by atoms with E-state index < -0.39 is 0 Å². The highest BCUT2D eigenvalue weighted by Crippen LogP contribution is 2.30. The van der Waals surface area contributed by atoms with E-state index in [1.54, 1.807) is 6.33 Å². The molecule has 2 N–H and O–H groups in total. The highest BCUT2D eigenvalue weighted by atomic mass is 14.9. The Hall–Kier alpha value is -3.83. The zero-order valence-corrected chi connectivity index (χ0v) is 19.0. The Morgan fingerprint density at radius 1 is 1.00 bits per heavy atom. The molecule has 164 valence electrons. The predicted molar refractivity (Wildman–Crippen MR) is 136 cm³/mol. The molecule has 5 rings (SSSR count). The van der Waals surface area contributed by atoms with Gasteiger partial charge in [0.15, 0.2) is 0 Å². The molecule has 0 unspecified atom stereocenters. The third-order valence-electron chi connectivity index (χ3n) is 5.95. The van der Waals surface area contributed by atoms with E-state index in [1.807, 2.05) is 18.6 Å². The largest absolute Gasteiger partial charge is 0.344 e. The second-order valence-electron chi connectivity index (χ2n) is 8.27. The fourth-order valence-electron chi connectivity index (χ4n) is 4.15. The fraction of sp³-hybridized carbons (Fsp3) is 0.179. The van der Waals surface area contributed by atoms with Gasteiger partial charge in [-0.25, -0.2) is 4.98 Å². The zero-order valence-electron chi connectivity index (χ0n) is 19.0. The van der Waals surface area contributed by atoms with Crippen LogP contribution in [-0.2, 0) is 0 Å². The Bertz CT molecular complexity index is 1390. The summed E-state index contributed by atoms with van der Waals surface area (Å²) in [6.45, 7) is 6.03. The quantitative estimate of drug-likeness (QED) is 0.364. The maximum absolute atomic E-state index is 4.71. The van der Waals surface area contributed by atoms with E-state index in [2.05, 4.69) is 88.8 Å². The van der Waals surface area contributed by atoms with Gasteiger partial charge in [-0.05, 0) is 54.3 Å². The van der Waals surface area contributed by atoms with Gasteiger partial charge in [0.25, 0.3) is 0 Å². The Morgan fingerprint density at radius 3 is 2.70 bits per heavy atom. The second kappa shape index (κ2) is 9.35. The van der Waals surface area contributed by atoms with Crippen LogP contribution >= 0.6 is 0 Å². The third-order valence-corrected chi connectivity index (χ3v) is 5.95. The molecular weight excluding hydrogens is 406 g/mol. The molecule has 0 radical (unpaired) electrons. The number of aromatic amines is 1. The van der Waals surface area contributed by atoms with E-state index in [9.17, 15) is 0 Å². The van der Waals surface area contributed by atoms with Gasteiger partial charge >= 0.3 is 0 Å². The molecular formula is C28H27N5. The van der Waals surface area contributed by atoms with Crippen LogP contribution in [-0.4, -0.2) is 33.0 Å². The van der Waals surface area contributed by atoms with Crippen LogP contribution in [0.5, 0.6) is 0 Å². The zero-order chi connectivity index (χ0) is 22.6. The summed E-state index contributed by atoms with van der Waals surface area (Å²) < 4.78 is 0. The second-order valence-corrected chi connectivity index (χ2v) is 8.27. The van der Waals surface area contributed by atoms with Gasteiger partial charge in [0.2, 0.25) is 0 Å². The fourth-order valence-corrected chi connectivity index (χ4v) is 4.15. The van der Waals surface area contributed by atoms with Crippen LogP contribution in [0.2, 0.25) is 0 Å². The van der Waals surface area contributed by atoms with E-state index in [4.69, 9.17) is 4.98 Å². The molecule has 1 aromatic carbocycles. The number of hydrogen-bond acceptors (Lipinski definition) is 4. The maximum Gasteiger partial charge on any atom is 0.0932 e. The van der Waals surface area contributed by atoms with Crippen molar-refractivity contribution < 1.29 is 0 Å². The van der Waals surface area contributed by atoms with Crippen molar-refractivity contribution in [1.82, 2.24) is 25.3 Å². The summed E-state index contributed by atoms with van der Waals surface area (Å²) >= 11 is 0. The van der Waals surface area contributed by atoms with Crippen molar-refractivity contribution in [2.75, 3.05) is 13.1 Å². The highest BCUT2D eigenvalue weighted by Gasteiger charge is 2.12. The molecule has 5 nitrogen and oxygen atoms in total. The van der Waals surface area contributed by atoms with E-state index in [0.717, 1.165) is 69.6 Å². The van der Waals surface area contributed by atoms with Crippen LogP contribution < -0.4 is 5.32 Å². The highest BCUT2D eigenvalue weighted by molar-refractivity contribution is 5.89. The molecule has 1 aliphatic rings. The number of aromatic nitrogens is 4. The normalized spacial score (nSPS) is 14.4. The van der Waals surface area contributed by atoms with Gasteiger partial charge in [-0.2, -0.15) is 0 Å². The summed E-state index contributed by atoms with van der Waals surface area (Å²) in [5, 5.41) is 4.44. The molecule has 0 atom stereocenters. The van der Waals surface area contributed by atoms with Crippen molar-refractivity contribution in [1.29, 1.82) is 0 Å². The van der Waals surface area contributed by atoms with Crippen LogP contribution in [0.1, 0.15) is 31.5 Å². The number of nitrogens with zero attached hydrogens (tertiary/aromatic N) is 3. The van der Waals surface area contributed by atoms with Crippen molar-refractivity contribution >= 4 is 22.0 Å². The van der Waals surface area contributed by atoms with E-state index in [0.29, 0.717) is 0 Å². The van der Waals surface area contributed by atoms with Gasteiger partial charge in [0.05, 0.1) is 23.2 Å². The lowest BCUT2D eigenvalue weighted by atomic mass is 10.0. The summed E-state index contributed by atoms with van der Waals surface area (Å²) in [5.74, 6) is 0. The molecule has 4 aromatic rings. The molecule has 1 aliphatic heterocycles. The van der Waals surface area contributed by atoms with Gasteiger partial charge in [0, 0.05) is 53.8 Å². The third kappa shape index (κ3) is 4.41. The van der Waals surface area contributed by atoms with E-state index in [1.165, 1.54) is 5.57 Å². The smallest absolute Gasteiger partial charge is 0.0932 e. The van der Waals surface area contributed by atoms with Crippen molar-refractivity contribution in [2.24, 2.45) is 0 Å². The summed E-state index contributed by atoms with van der Waals surface area (Å²) in [4.78, 5) is 17.1. The number of pyridine rings is 2. The van der Waals surface area contributed by atoms with Gasteiger partial charge in [-0.15, -0.1) is 0 Å². The predicted octanol–water partition coefficient (Wildman–Crippen LogP) is 6.04. The summed E-state index contributed by atoms with van der Waals surface area (Å²) in [6.07, 6.45) is 17.1. The average molecular weight is 434 g/mol. The molecule has 0 aliphatic carbocycles. The lowest BCUT2D eigenvalue weighted by Gasteiger charge is -2.08. The molecule has 0 saturated carbocycles. The minimum Gasteiger partial charge on any atom is -0.344 e. The lowest BCUT2D eigenvalue weighted by molar-refractivity contribution is 0.897. The minimum atomic E-state index is 0.888. The Balaban J connectivity index is 1.51. The van der Waals surface area contributed by atoms with Crippen molar-refractivity contribution in [3.05, 3.63) is 90.8 Å². The monoisotopic (exact) mass is 433 g/mol. The minimum absolute atomic E-state index is 0.888. The molecule has 0 fully saturated rings. The molecule has 3 aromatic heterocycles. The number of rotatable bonds is 6. The molecule has 0 saturated heterocycles. The molecule has 0 spiro atoms. The number of imidazole rings is 1. The van der Waals surface area contributed by atoms with Crippen LogP contribution in [0.25, 0.3) is 44.4 Å². The lowest BCUT2D eigenvalue weighted by Crippen LogP contribution is -2.07. The average Bonchev–Trinajstić information content (AvgIpc) is 3.56. The molecule has 0 amide bonds. The van der Waals surface area contributed by atoms with Gasteiger partial charge in [-0.1, -0.05) is 37.3 Å². The SMILES string of the molecule is CC/C=C\C=C(/C)c1nc[nH]c1-c1ccc2ncc(-c3cncc(C4=CCNC4)c3)cc2c1. The molecule has 0 bridgehead atoms. The van der Waals surface area contributed by atoms with Crippen molar-refractivity contribution in [3.63, 3.8) is 0 Å². The Kier molecular flexibility index (Phi) is 5.96. The summed E-state index contributed by atoms with van der Waals surface area (Å²) in [5.41, 5.74) is 9.76. The number of fused-ring (bicyclic) bond motifs is 1. The molecule has 33 heavy (non-hydrogen) atoms. The number of benzene rings is 1. The van der Waals surface area contributed by atoms with Crippen LogP contribution in [0.4, 0.5) is 0 Å².